The van der Waals surface area contributed by atoms with Crippen LogP contribution in [0.4, 0.5) is 0 Å². The third-order valence-electron chi connectivity index (χ3n) is 16.0. The van der Waals surface area contributed by atoms with Crippen molar-refractivity contribution in [3.63, 3.8) is 0 Å². The molecule has 8 bridgehead atoms. The fourth-order valence-electron chi connectivity index (χ4n) is 11.9. The van der Waals surface area contributed by atoms with Gasteiger partial charge in [0.2, 0.25) is 0 Å². The van der Waals surface area contributed by atoms with Crippen molar-refractivity contribution in [1.29, 1.82) is 0 Å². The van der Waals surface area contributed by atoms with Gasteiger partial charge in [0.1, 0.15) is 0 Å². The van der Waals surface area contributed by atoms with Gasteiger partial charge in [-0.3, -0.25) is 4.98 Å². The van der Waals surface area contributed by atoms with Crippen molar-refractivity contribution in [2.45, 2.75) is 52.4 Å². The van der Waals surface area contributed by atoms with Crippen molar-refractivity contribution in [3.05, 3.63) is 211 Å². The SMILES string of the molecule is CC(C)(C)c1cccc(-c2c3nc(nc4[n-]c(c(-c5cccc(C(C)(C)C)c5)c5nc(cc6[n-]c2c2cc7ccccc7cc62)-c2cc6ccccc6cc2-5)c2cc5ccccc5cc42)-c2cc4ccccc4cc2-3)c1.[Pt+2]. The number of rotatable bonds is 2. The molecule has 6 heteroatoms. The van der Waals surface area contributed by atoms with Gasteiger partial charge in [-0.1, -0.05) is 187 Å². The molecule has 3 aromatic heterocycles. The van der Waals surface area contributed by atoms with Crippen LogP contribution < -0.4 is 9.97 Å². The third-order valence-corrected chi connectivity index (χ3v) is 16.0. The fourth-order valence-corrected chi connectivity index (χ4v) is 11.9. The van der Waals surface area contributed by atoms with E-state index in [1.165, 1.54) is 11.1 Å². The standard InChI is InChI=1S/C71H51N5.Pt/c1-70(2,3)50-27-15-25-48(29-50)62-64-54-33-42-19-9-7-17-40(42)31-52(54)60(72-64)39-61-53-32-41-18-8-10-20-43(41)34-55(53)65(73-61)63(49-26-16-28-51(30-49)71(4,5)6)67-57-36-45-22-12-14-24-47(45)38-59(57)69(75-67)76-68-58-37-46-23-13-11-21-44(46)35-56(58)66(62)74-68;/h7-39H,1-6H3;/q-2;+2. The van der Waals surface area contributed by atoms with Crippen LogP contribution in [0.15, 0.2) is 200 Å². The Kier molecular flexibility index (Phi) is 10.5. The minimum atomic E-state index is -0.119. The molecule has 0 N–H and O–H groups in total. The molecule has 0 unspecified atom stereocenters. The van der Waals surface area contributed by atoms with Gasteiger partial charge in [-0.2, -0.15) is 0 Å². The summed E-state index contributed by atoms with van der Waals surface area (Å²) in [6.07, 6.45) is 0. The molecule has 0 radical (unpaired) electrons. The first kappa shape index (κ1) is 47.0. The van der Waals surface area contributed by atoms with E-state index in [1.807, 2.05) is 0 Å². The van der Waals surface area contributed by atoms with Gasteiger partial charge in [-0.25, -0.2) is 4.98 Å². The molecule has 0 atom stereocenters. The maximum absolute atomic E-state index is 5.88. The summed E-state index contributed by atoms with van der Waals surface area (Å²) >= 11 is 0. The zero-order chi connectivity index (χ0) is 51.2. The van der Waals surface area contributed by atoms with Gasteiger partial charge in [0.05, 0.1) is 22.9 Å². The summed E-state index contributed by atoms with van der Waals surface area (Å²) in [4.78, 5) is 29.1. The first-order valence-corrected chi connectivity index (χ1v) is 26.4. The zero-order valence-corrected chi connectivity index (χ0v) is 45.9. The average molecular weight is 1170 g/mol. The molecule has 13 aromatic rings. The minimum absolute atomic E-state index is 0. The second kappa shape index (κ2) is 17.3. The molecule has 15 rings (SSSR count). The summed E-state index contributed by atoms with van der Waals surface area (Å²) in [5.41, 5.74) is 16.0. The molecule has 10 aromatic carbocycles. The molecule has 0 saturated carbocycles. The Morgan fingerprint density at radius 3 is 1.25 bits per heavy atom. The normalized spacial score (nSPS) is 12.4. The van der Waals surface area contributed by atoms with Gasteiger partial charge in [0.15, 0.2) is 0 Å². The number of aromatic nitrogens is 5. The number of nitrogens with zero attached hydrogens (tertiary/aromatic N) is 5. The van der Waals surface area contributed by atoms with Gasteiger partial charge in [0.25, 0.3) is 0 Å². The Labute approximate surface area is 461 Å². The molecule has 0 spiro atoms. The Bertz CT molecular complexity index is 4540. The van der Waals surface area contributed by atoms with Gasteiger partial charge in [0, 0.05) is 27.8 Å². The topological polar surface area (TPSA) is 66.9 Å². The van der Waals surface area contributed by atoms with Gasteiger partial charge >= 0.3 is 21.1 Å². The van der Waals surface area contributed by atoms with Crippen molar-refractivity contribution in [2.24, 2.45) is 0 Å². The summed E-state index contributed by atoms with van der Waals surface area (Å²) in [6.45, 7) is 13.7. The maximum Gasteiger partial charge on any atom is 2.00 e. The van der Waals surface area contributed by atoms with Gasteiger partial charge in [-0.15, -0.1) is 11.0 Å². The van der Waals surface area contributed by atoms with E-state index in [0.29, 0.717) is 11.5 Å². The molecule has 5 heterocycles. The molecule has 2 aliphatic rings. The van der Waals surface area contributed by atoms with Crippen LogP contribution in [0.25, 0.3) is 154 Å². The number of hydrogen-bond acceptors (Lipinski definition) is 3. The van der Waals surface area contributed by atoms with Gasteiger partial charge in [-0.05, 0) is 169 Å². The van der Waals surface area contributed by atoms with E-state index < -0.39 is 0 Å². The molecular formula is C71H51N5Pt. The van der Waals surface area contributed by atoms with Crippen LogP contribution in [0.2, 0.25) is 0 Å². The van der Waals surface area contributed by atoms with Crippen molar-refractivity contribution in [3.8, 4) is 67.4 Å². The van der Waals surface area contributed by atoms with Crippen LogP contribution in [0.1, 0.15) is 52.7 Å². The molecule has 0 aliphatic carbocycles. The Morgan fingerprint density at radius 2 is 0.740 bits per heavy atom. The molecule has 0 fully saturated rings. The second-order valence-electron chi connectivity index (χ2n) is 22.9. The van der Waals surface area contributed by atoms with E-state index in [9.17, 15) is 0 Å². The molecule has 77 heavy (non-hydrogen) atoms. The van der Waals surface area contributed by atoms with E-state index in [-0.39, 0.29) is 31.9 Å². The van der Waals surface area contributed by atoms with Crippen molar-refractivity contribution in [2.75, 3.05) is 0 Å². The predicted octanol–water partition coefficient (Wildman–Crippen LogP) is 18.5. The van der Waals surface area contributed by atoms with Crippen LogP contribution in [-0.4, -0.2) is 15.0 Å². The van der Waals surface area contributed by atoms with Crippen LogP contribution >= 0.6 is 0 Å². The first-order chi connectivity index (χ1) is 36.9. The van der Waals surface area contributed by atoms with Crippen LogP contribution in [0, 0.1) is 0 Å². The fraction of sp³-hybridized carbons (Fsp3) is 0.113. The van der Waals surface area contributed by atoms with E-state index in [2.05, 4.69) is 242 Å². The van der Waals surface area contributed by atoms with E-state index >= 15 is 0 Å². The summed E-state index contributed by atoms with van der Waals surface area (Å²) in [6, 6.07) is 73.1. The maximum atomic E-state index is 5.88. The molecule has 0 amide bonds. The predicted molar refractivity (Wildman–Crippen MR) is 319 cm³/mol. The van der Waals surface area contributed by atoms with Crippen molar-refractivity contribution >= 4 is 86.8 Å². The molecule has 5 nitrogen and oxygen atoms in total. The summed E-state index contributed by atoms with van der Waals surface area (Å²) in [7, 11) is 0. The Morgan fingerprint density at radius 1 is 0.338 bits per heavy atom. The average Bonchev–Trinajstić information content (AvgIpc) is 4.22. The van der Waals surface area contributed by atoms with E-state index in [1.54, 1.807) is 0 Å². The van der Waals surface area contributed by atoms with E-state index in [0.717, 1.165) is 143 Å². The van der Waals surface area contributed by atoms with Crippen LogP contribution in [-0.2, 0) is 31.9 Å². The first-order valence-electron chi connectivity index (χ1n) is 26.4. The summed E-state index contributed by atoms with van der Waals surface area (Å²) < 4.78 is 0. The number of fused-ring (bicyclic) bond motifs is 24. The van der Waals surface area contributed by atoms with Crippen LogP contribution in [0.3, 0.4) is 0 Å². The quantitative estimate of drug-likeness (QED) is 0.173. The zero-order valence-electron chi connectivity index (χ0n) is 43.6. The Balaban J connectivity index is 0.00000540. The second-order valence-corrected chi connectivity index (χ2v) is 22.9. The monoisotopic (exact) mass is 1170 g/mol. The summed E-state index contributed by atoms with van der Waals surface area (Å²) in [5, 5.41) is 13.1. The van der Waals surface area contributed by atoms with Crippen LogP contribution in [0.5, 0.6) is 0 Å². The van der Waals surface area contributed by atoms with Gasteiger partial charge < -0.3 is 15.0 Å². The Hall–Kier alpha value is -8.50. The minimum Gasteiger partial charge on any atom is -0.656 e. The number of hydrogen-bond donors (Lipinski definition) is 0. The number of benzene rings is 10. The third kappa shape index (κ3) is 7.58. The smallest absolute Gasteiger partial charge is 0.656 e. The molecule has 370 valence electrons. The molecule has 0 saturated heterocycles. The summed E-state index contributed by atoms with van der Waals surface area (Å²) in [5.74, 6) is 0.612. The largest absolute Gasteiger partial charge is 2.00 e. The van der Waals surface area contributed by atoms with Crippen molar-refractivity contribution in [1.82, 2.24) is 24.9 Å². The molecular weight excluding hydrogens is 1120 g/mol. The van der Waals surface area contributed by atoms with Crippen molar-refractivity contribution < 1.29 is 21.1 Å². The molecule has 2 aliphatic heterocycles. The van der Waals surface area contributed by atoms with E-state index in [4.69, 9.17) is 24.9 Å².